The van der Waals surface area contributed by atoms with E-state index in [1.165, 1.54) is 0 Å². The second kappa shape index (κ2) is 9.38. The molecule has 0 aliphatic heterocycles. The Morgan fingerprint density at radius 1 is 0.931 bits per heavy atom. The Labute approximate surface area is 189 Å². The van der Waals surface area contributed by atoms with Crippen LogP contribution in [0.2, 0.25) is 5.02 Å². The molecule has 3 aromatic carbocycles. The van der Waals surface area contributed by atoms with Crippen molar-refractivity contribution in [1.82, 2.24) is 4.72 Å². The molecule has 0 bridgehead atoms. The summed E-state index contributed by atoms with van der Waals surface area (Å²) in [6, 6.07) is 21.5. The Hall–Kier alpha value is -1.74. The zero-order chi connectivity index (χ0) is 21.0. The standard InChI is InChI=1S/C22H19ClINO3S/c1-15-7-13-19(14-8-15)29(27,28)25-21(16-9-11-18(23)12-10-16)20(24)22(26)17-5-3-2-4-6-17/h2-14,20-21,25H,1H3/t20-,21-/m1/s1. The monoisotopic (exact) mass is 539 g/mol. The number of Topliss-reactive ketones (excluding diaryl/α,β-unsaturated/α-hetero) is 1. The molecule has 0 spiro atoms. The van der Waals surface area contributed by atoms with Gasteiger partial charge in [-0.3, -0.25) is 4.79 Å². The van der Waals surface area contributed by atoms with Gasteiger partial charge in [-0.25, -0.2) is 13.1 Å². The highest BCUT2D eigenvalue weighted by molar-refractivity contribution is 14.1. The van der Waals surface area contributed by atoms with Gasteiger partial charge >= 0.3 is 0 Å². The van der Waals surface area contributed by atoms with Gasteiger partial charge in [0.1, 0.15) is 0 Å². The third-order valence-electron chi connectivity index (χ3n) is 4.44. The molecular weight excluding hydrogens is 521 g/mol. The number of sulfonamides is 1. The highest BCUT2D eigenvalue weighted by Gasteiger charge is 2.32. The molecule has 0 radical (unpaired) electrons. The lowest BCUT2D eigenvalue weighted by molar-refractivity contribution is 0.0985. The number of carbonyl (C=O) groups is 1. The topological polar surface area (TPSA) is 63.2 Å². The van der Waals surface area contributed by atoms with Crippen LogP contribution >= 0.6 is 34.2 Å². The van der Waals surface area contributed by atoms with Crippen molar-refractivity contribution in [3.05, 3.63) is 101 Å². The Morgan fingerprint density at radius 3 is 2.10 bits per heavy atom. The molecule has 0 amide bonds. The summed E-state index contributed by atoms with van der Waals surface area (Å²) in [5.41, 5.74) is 2.15. The first kappa shape index (κ1) is 22.0. The summed E-state index contributed by atoms with van der Waals surface area (Å²) in [6.45, 7) is 1.89. The van der Waals surface area contributed by atoms with Crippen LogP contribution in [-0.2, 0) is 10.0 Å². The number of rotatable bonds is 7. The minimum Gasteiger partial charge on any atom is -0.293 e. The lowest BCUT2D eigenvalue weighted by Gasteiger charge is -2.24. The van der Waals surface area contributed by atoms with Crippen LogP contribution in [0.5, 0.6) is 0 Å². The molecule has 2 atom stereocenters. The summed E-state index contributed by atoms with van der Waals surface area (Å²) in [6.07, 6.45) is 0. The first-order chi connectivity index (χ1) is 13.8. The zero-order valence-corrected chi connectivity index (χ0v) is 19.3. The van der Waals surface area contributed by atoms with Crippen LogP contribution in [0.4, 0.5) is 0 Å². The average molecular weight is 540 g/mol. The number of hydrogen-bond acceptors (Lipinski definition) is 3. The molecule has 4 nitrogen and oxygen atoms in total. The number of aryl methyl sites for hydroxylation is 1. The normalized spacial score (nSPS) is 13.6. The fraction of sp³-hybridized carbons (Fsp3) is 0.136. The third-order valence-corrected chi connectivity index (χ3v) is 7.44. The molecule has 0 saturated carbocycles. The van der Waals surface area contributed by atoms with Crippen LogP contribution in [-0.4, -0.2) is 18.1 Å². The van der Waals surface area contributed by atoms with E-state index in [4.69, 9.17) is 11.6 Å². The van der Waals surface area contributed by atoms with Crippen molar-refractivity contribution in [1.29, 1.82) is 0 Å². The van der Waals surface area contributed by atoms with Gasteiger partial charge in [-0.05, 0) is 36.8 Å². The van der Waals surface area contributed by atoms with Crippen molar-refractivity contribution in [2.45, 2.75) is 21.8 Å². The second-order valence-corrected chi connectivity index (χ2v) is 10.1. The van der Waals surface area contributed by atoms with Gasteiger partial charge in [0.2, 0.25) is 10.0 Å². The second-order valence-electron chi connectivity index (χ2n) is 6.60. The molecule has 0 fully saturated rings. The van der Waals surface area contributed by atoms with Crippen LogP contribution in [0.25, 0.3) is 0 Å². The molecule has 0 heterocycles. The molecule has 3 aromatic rings. The van der Waals surface area contributed by atoms with Crippen molar-refractivity contribution in [3.63, 3.8) is 0 Å². The van der Waals surface area contributed by atoms with Gasteiger partial charge in [0, 0.05) is 10.6 Å². The first-order valence-electron chi connectivity index (χ1n) is 8.86. The molecule has 7 heteroatoms. The number of benzene rings is 3. The lowest BCUT2D eigenvalue weighted by atomic mass is 9.99. The maximum absolute atomic E-state index is 13.0. The molecular formula is C22H19ClINO3S. The number of nitrogens with one attached hydrogen (secondary N) is 1. The maximum atomic E-state index is 13.0. The highest BCUT2D eigenvalue weighted by atomic mass is 127. The number of hydrogen-bond donors (Lipinski definition) is 1. The maximum Gasteiger partial charge on any atom is 0.241 e. The summed E-state index contributed by atoms with van der Waals surface area (Å²) in [5.74, 6) is -0.155. The predicted molar refractivity (Wildman–Crippen MR) is 124 cm³/mol. The van der Waals surface area contributed by atoms with Crippen LogP contribution in [0, 0.1) is 6.92 Å². The van der Waals surface area contributed by atoms with Crippen molar-refractivity contribution < 1.29 is 13.2 Å². The van der Waals surface area contributed by atoms with E-state index in [9.17, 15) is 13.2 Å². The first-order valence-corrected chi connectivity index (χ1v) is 12.0. The van der Waals surface area contributed by atoms with Gasteiger partial charge < -0.3 is 0 Å². The van der Waals surface area contributed by atoms with Crippen molar-refractivity contribution in [3.8, 4) is 0 Å². The Kier molecular flexibility index (Phi) is 7.10. The quantitative estimate of drug-likeness (QED) is 0.250. The summed E-state index contributed by atoms with van der Waals surface area (Å²) in [4.78, 5) is 13.2. The molecule has 0 aliphatic rings. The molecule has 150 valence electrons. The Morgan fingerprint density at radius 2 is 1.52 bits per heavy atom. The van der Waals surface area contributed by atoms with Crippen molar-refractivity contribution in [2.24, 2.45) is 0 Å². The number of carbonyl (C=O) groups excluding carboxylic acids is 1. The molecule has 29 heavy (non-hydrogen) atoms. The molecule has 3 rings (SSSR count). The lowest BCUT2D eigenvalue weighted by Crippen LogP contribution is -2.37. The largest absolute Gasteiger partial charge is 0.293 e. The Bertz CT molecular complexity index is 1090. The summed E-state index contributed by atoms with van der Waals surface area (Å²) in [7, 11) is -3.84. The molecule has 0 aromatic heterocycles. The van der Waals surface area contributed by atoms with Gasteiger partial charge in [0.05, 0.1) is 14.9 Å². The number of alkyl halides is 1. The van der Waals surface area contributed by atoms with Gasteiger partial charge in [0.15, 0.2) is 5.78 Å². The molecule has 0 aliphatic carbocycles. The molecule has 0 saturated heterocycles. The van der Waals surface area contributed by atoms with Crippen molar-refractivity contribution >= 4 is 50.0 Å². The number of ketones is 1. The minimum atomic E-state index is -3.84. The van der Waals surface area contributed by atoms with Crippen LogP contribution in [0.15, 0.2) is 83.8 Å². The van der Waals surface area contributed by atoms with E-state index in [1.807, 2.05) is 35.6 Å². The van der Waals surface area contributed by atoms with E-state index < -0.39 is 20.0 Å². The van der Waals surface area contributed by atoms with Crippen LogP contribution in [0.3, 0.4) is 0 Å². The van der Waals surface area contributed by atoms with E-state index in [0.717, 1.165) is 5.56 Å². The fourth-order valence-corrected chi connectivity index (χ4v) is 5.39. The number of halogens is 2. The van der Waals surface area contributed by atoms with E-state index in [0.29, 0.717) is 16.1 Å². The van der Waals surface area contributed by atoms with E-state index in [1.54, 1.807) is 72.8 Å². The summed E-state index contributed by atoms with van der Waals surface area (Å²) < 4.78 is 28.1. The van der Waals surface area contributed by atoms with Crippen LogP contribution in [0.1, 0.15) is 27.5 Å². The minimum absolute atomic E-state index is 0.151. The predicted octanol–water partition coefficient (Wildman–Crippen LogP) is 5.35. The fourth-order valence-electron chi connectivity index (χ4n) is 2.83. The SMILES string of the molecule is Cc1ccc(S(=O)(=O)N[C@H](c2ccc(Cl)cc2)[C@@H](I)C(=O)c2ccccc2)cc1. The van der Waals surface area contributed by atoms with Crippen LogP contribution < -0.4 is 4.72 Å². The third kappa shape index (κ3) is 5.45. The van der Waals surface area contributed by atoms with Crippen molar-refractivity contribution in [2.75, 3.05) is 0 Å². The smallest absolute Gasteiger partial charge is 0.241 e. The summed E-state index contributed by atoms with van der Waals surface area (Å²) >= 11 is 7.99. The zero-order valence-electron chi connectivity index (χ0n) is 15.5. The van der Waals surface area contributed by atoms with Gasteiger partial charge in [-0.2, -0.15) is 0 Å². The average Bonchev–Trinajstić information content (AvgIpc) is 2.73. The Balaban J connectivity index is 1.98. The summed E-state index contributed by atoms with van der Waals surface area (Å²) in [5, 5.41) is 0.535. The van der Waals surface area contributed by atoms with Gasteiger partial charge in [0.25, 0.3) is 0 Å². The molecule has 0 unspecified atom stereocenters. The van der Waals surface area contributed by atoms with Gasteiger partial charge in [-0.1, -0.05) is 94.4 Å². The molecule has 1 N–H and O–H groups in total. The van der Waals surface area contributed by atoms with E-state index in [2.05, 4.69) is 4.72 Å². The van der Waals surface area contributed by atoms with Gasteiger partial charge in [-0.15, -0.1) is 0 Å². The highest BCUT2D eigenvalue weighted by Crippen LogP contribution is 2.29. The van der Waals surface area contributed by atoms with E-state index >= 15 is 0 Å². The van der Waals surface area contributed by atoms with E-state index in [-0.39, 0.29) is 10.7 Å².